The summed E-state index contributed by atoms with van der Waals surface area (Å²) in [6.45, 7) is 7.01. The Kier molecular flexibility index (Phi) is 3.78. The van der Waals surface area contributed by atoms with Crippen LogP contribution in [0.5, 0.6) is 0 Å². The van der Waals surface area contributed by atoms with Crippen LogP contribution in [0.15, 0.2) is 24.3 Å². The summed E-state index contributed by atoms with van der Waals surface area (Å²) in [6, 6.07) is 10.4. The van der Waals surface area contributed by atoms with E-state index in [1.165, 1.54) is 5.56 Å². The first kappa shape index (κ1) is 12.1. The first-order valence-corrected chi connectivity index (χ1v) is 6.03. The highest BCUT2D eigenvalue weighted by Crippen LogP contribution is 2.15. The fourth-order valence-corrected chi connectivity index (χ4v) is 2.11. The molecule has 0 saturated carbocycles. The van der Waals surface area contributed by atoms with Crippen molar-refractivity contribution in [3.05, 3.63) is 35.4 Å². The van der Waals surface area contributed by atoms with Gasteiger partial charge in [-0.25, -0.2) is 0 Å². The first-order chi connectivity index (χ1) is 8.19. The van der Waals surface area contributed by atoms with Gasteiger partial charge < -0.3 is 4.74 Å². The molecule has 2 unspecified atom stereocenters. The van der Waals surface area contributed by atoms with Gasteiger partial charge in [-0.2, -0.15) is 5.26 Å². The van der Waals surface area contributed by atoms with Gasteiger partial charge in [-0.3, -0.25) is 4.90 Å². The van der Waals surface area contributed by atoms with E-state index in [-0.39, 0.29) is 0 Å². The Morgan fingerprint density at radius 3 is 2.71 bits per heavy atom. The molecular formula is C14H18N2O. The van der Waals surface area contributed by atoms with Crippen molar-refractivity contribution >= 4 is 0 Å². The summed E-state index contributed by atoms with van der Waals surface area (Å²) in [4.78, 5) is 2.43. The van der Waals surface area contributed by atoms with Crippen LogP contribution in [0, 0.1) is 11.3 Å². The van der Waals surface area contributed by atoms with Crippen LogP contribution < -0.4 is 0 Å². The van der Waals surface area contributed by atoms with Crippen molar-refractivity contribution in [2.45, 2.75) is 32.5 Å². The van der Waals surface area contributed by atoms with Crippen LogP contribution in [0.3, 0.4) is 0 Å². The molecule has 0 aliphatic carbocycles. The number of hydrogen-bond donors (Lipinski definition) is 0. The molecule has 1 aromatic carbocycles. The zero-order valence-corrected chi connectivity index (χ0v) is 10.4. The van der Waals surface area contributed by atoms with Crippen molar-refractivity contribution < 1.29 is 4.74 Å². The first-order valence-electron chi connectivity index (χ1n) is 6.03. The molecular weight excluding hydrogens is 212 g/mol. The Labute approximate surface area is 103 Å². The predicted octanol–water partition coefficient (Wildman–Crippen LogP) is 2.17. The third-order valence-corrected chi connectivity index (χ3v) is 3.21. The molecule has 1 fully saturated rings. The topological polar surface area (TPSA) is 36.3 Å². The molecule has 1 saturated heterocycles. The lowest BCUT2D eigenvalue weighted by Gasteiger charge is -2.36. The maximum absolute atomic E-state index is 8.75. The second-order valence-electron chi connectivity index (χ2n) is 4.73. The highest BCUT2D eigenvalue weighted by Gasteiger charge is 2.23. The van der Waals surface area contributed by atoms with Gasteiger partial charge in [0.15, 0.2) is 0 Å². The molecule has 17 heavy (non-hydrogen) atoms. The predicted molar refractivity (Wildman–Crippen MR) is 66.4 cm³/mol. The minimum Gasteiger partial charge on any atom is -0.376 e. The largest absolute Gasteiger partial charge is 0.376 e. The van der Waals surface area contributed by atoms with Gasteiger partial charge in [0.1, 0.15) is 0 Å². The summed E-state index contributed by atoms with van der Waals surface area (Å²) in [5.41, 5.74) is 1.97. The van der Waals surface area contributed by atoms with E-state index >= 15 is 0 Å². The summed E-state index contributed by atoms with van der Waals surface area (Å²) < 4.78 is 5.61. The quantitative estimate of drug-likeness (QED) is 0.781. The highest BCUT2D eigenvalue weighted by atomic mass is 16.5. The van der Waals surface area contributed by atoms with Crippen LogP contribution in [0.4, 0.5) is 0 Å². The summed E-state index contributed by atoms with van der Waals surface area (Å²) in [5.74, 6) is 0. The van der Waals surface area contributed by atoms with Crippen molar-refractivity contribution in [1.29, 1.82) is 5.26 Å². The molecule has 2 atom stereocenters. The third-order valence-electron chi connectivity index (χ3n) is 3.21. The summed E-state index contributed by atoms with van der Waals surface area (Å²) in [7, 11) is 0. The van der Waals surface area contributed by atoms with Gasteiger partial charge in [-0.15, -0.1) is 0 Å². The van der Waals surface area contributed by atoms with Crippen LogP contribution in [-0.4, -0.2) is 30.2 Å². The molecule has 1 aromatic rings. The number of hydrogen-bond acceptors (Lipinski definition) is 3. The minimum absolute atomic E-state index is 0.310. The van der Waals surface area contributed by atoms with Crippen LogP contribution in [-0.2, 0) is 11.3 Å². The van der Waals surface area contributed by atoms with Crippen LogP contribution >= 0.6 is 0 Å². The minimum atomic E-state index is 0.310. The maximum atomic E-state index is 8.75. The van der Waals surface area contributed by atoms with Gasteiger partial charge in [0, 0.05) is 19.1 Å². The van der Waals surface area contributed by atoms with Gasteiger partial charge in [-0.1, -0.05) is 12.1 Å². The van der Waals surface area contributed by atoms with Crippen molar-refractivity contribution in [3.63, 3.8) is 0 Å². The Balaban J connectivity index is 2.01. The lowest BCUT2D eigenvalue weighted by atomic mass is 10.1. The number of nitriles is 1. The van der Waals surface area contributed by atoms with Gasteiger partial charge in [0.2, 0.25) is 0 Å². The molecule has 2 rings (SSSR count). The lowest BCUT2D eigenvalue weighted by Crippen LogP contribution is -2.46. The number of nitrogens with zero attached hydrogens (tertiary/aromatic N) is 2. The Hall–Kier alpha value is -1.37. The van der Waals surface area contributed by atoms with E-state index in [2.05, 4.69) is 24.8 Å². The smallest absolute Gasteiger partial charge is 0.0991 e. The van der Waals surface area contributed by atoms with E-state index in [0.717, 1.165) is 25.3 Å². The molecule has 0 amide bonds. The zero-order valence-electron chi connectivity index (χ0n) is 10.4. The van der Waals surface area contributed by atoms with E-state index < -0.39 is 0 Å². The highest BCUT2D eigenvalue weighted by molar-refractivity contribution is 5.31. The SMILES string of the molecule is CC1CN(Cc2ccc(C#N)cc2)C(C)CO1. The van der Waals surface area contributed by atoms with Crippen LogP contribution in [0.25, 0.3) is 0 Å². The van der Waals surface area contributed by atoms with Crippen LogP contribution in [0.2, 0.25) is 0 Å². The lowest BCUT2D eigenvalue weighted by molar-refractivity contribution is -0.0526. The molecule has 1 aliphatic rings. The van der Waals surface area contributed by atoms with Gasteiger partial charge >= 0.3 is 0 Å². The van der Waals surface area contributed by atoms with Gasteiger partial charge in [-0.05, 0) is 31.5 Å². The fraction of sp³-hybridized carbons (Fsp3) is 0.500. The molecule has 3 nitrogen and oxygen atoms in total. The van der Waals surface area contributed by atoms with Crippen molar-refractivity contribution in [3.8, 4) is 6.07 Å². The third kappa shape index (κ3) is 3.06. The van der Waals surface area contributed by atoms with E-state index in [9.17, 15) is 0 Å². The molecule has 1 aliphatic heterocycles. The standard InChI is InChI=1S/C14H18N2O/c1-11-10-17-12(2)8-16(11)9-14-5-3-13(7-15)4-6-14/h3-6,11-12H,8-10H2,1-2H3. The number of morpholine rings is 1. The molecule has 1 heterocycles. The molecule has 0 N–H and O–H groups in total. The molecule has 0 aromatic heterocycles. The van der Waals surface area contributed by atoms with Gasteiger partial charge in [0.05, 0.1) is 24.3 Å². The summed E-state index contributed by atoms with van der Waals surface area (Å²) in [6.07, 6.45) is 0.310. The zero-order chi connectivity index (χ0) is 12.3. The average Bonchev–Trinajstić information content (AvgIpc) is 2.35. The molecule has 0 spiro atoms. The summed E-state index contributed by atoms with van der Waals surface area (Å²) in [5, 5.41) is 8.75. The number of benzene rings is 1. The molecule has 3 heteroatoms. The number of ether oxygens (including phenoxy) is 1. The molecule has 0 radical (unpaired) electrons. The second-order valence-corrected chi connectivity index (χ2v) is 4.73. The second kappa shape index (κ2) is 5.31. The van der Waals surface area contributed by atoms with E-state index in [1.807, 2.05) is 24.3 Å². The molecule has 90 valence electrons. The fourth-order valence-electron chi connectivity index (χ4n) is 2.11. The number of rotatable bonds is 2. The van der Waals surface area contributed by atoms with Gasteiger partial charge in [0.25, 0.3) is 0 Å². The summed E-state index contributed by atoms with van der Waals surface area (Å²) >= 11 is 0. The van der Waals surface area contributed by atoms with Crippen molar-refractivity contribution in [1.82, 2.24) is 4.90 Å². The van der Waals surface area contributed by atoms with E-state index in [1.54, 1.807) is 0 Å². The van der Waals surface area contributed by atoms with E-state index in [4.69, 9.17) is 10.00 Å². The van der Waals surface area contributed by atoms with Crippen molar-refractivity contribution in [2.24, 2.45) is 0 Å². The Morgan fingerprint density at radius 1 is 1.35 bits per heavy atom. The average molecular weight is 230 g/mol. The monoisotopic (exact) mass is 230 g/mol. The normalized spacial score (nSPS) is 25.5. The van der Waals surface area contributed by atoms with Crippen molar-refractivity contribution in [2.75, 3.05) is 13.2 Å². The Morgan fingerprint density at radius 2 is 2.06 bits per heavy atom. The maximum Gasteiger partial charge on any atom is 0.0991 e. The Bertz CT molecular complexity index is 407. The molecule has 0 bridgehead atoms. The van der Waals surface area contributed by atoms with Crippen LogP contribution in [0.1, 0.15) is 25.0 Å². The van der Waals surface area contributed by atoms with E-state index in [0.29, 0.717) is 12.1 Å².